The van der Waals surface area contributed by atoms with E-state index in [4.69, 9.17) is 10.3 Å². The Morgan fingerprint density at radius 3 is 2.78 bits per heavy atom. The first-order valence-corrected chi connectivity index (χ1v) is 5.42. The predicted molar refractivity (Wildman–Crippen MR) is 66.3 cm³/mol. The molecule has 0 saturated heterocycles. The topological polar surface area (TPSA) is 82.8 Å². The van der Waals surface area contributed by atoms with Crippen molar-refractivity contribution in [1.82, 2.24) is 19.9 Å². The number of nitrogens with zero attached hydrogens (tertiary/aromatic N) is 4. The number of aryl methyl sites for hydroxylation is 1. The van der Waals surface area contributed by atoms with E-state index < -0.39 is 0 Å². The monoisotopic (exact) mass is 241 g/mol. The van der Waals surface area contributed by atoms with Gasteiger partial charge in [0, 0.05) is 19.4 Å². The van der Waals surface area contributed by atoms with E-state index in [1.165, 1.54) is 0 Å². The molecule has 18 heavy (non-hydrogen) atoms. The second-order valence-corrected chi connectivity index (χ2v) is 3.86. The van der Waals surface area contributed by atoms with Gasteiger partial charge in [0.25, 0.3) is 0 Å². The Labute approximate surface area is 103 Å². The fourth-order valence-corrected chi connectivity index (χ4v) is 1.78. The minimum atomic E-state index is 0.245. The quantitative estimate of drug-likeness (QED) is 0.738. The second kappa shape index (κ2) is 3.99. The summed E-state index contributed by atoms with van der Waals surface area (Å²) < 4.78 is 6.75. The van der Waals surface area contributed by atoms with Gasteiger partial charge in [-0.2, -0.15) is 5.10 Å². The number of hydrogen-bond donors (Lipinski definition) is 1. The lowest BCUT2D eigenvalue weighted by Gasteiger charge is -1.98. The Bertz CT molecular complexity index is 671. The molecular weight excluding hydrogens is 230 g/mol. The van der Waals surface area contributed by atoms with Crippen molar-refractivity contribution < 1.29 is 4.52 Å². The van der Waals surface area contributed by atoms with Crippen LogP contribution in [0.25, 0.3) is 22.6 Å². The first-order chi connectivity index (χ1) is 8.75. The SMILES string of the molecule is Cn1ccc(-c2noc(N)c2-c2ccccn2)n1. The summed E-state index contributed by atoms with van der Waals surface area (Å²) in [5.41, 5.74) is 8.52. The number of nitrogens with two attached hydrogens (primary N) is 1. The summed E-state index contributed by atoms with van der Waals surface area (Å²) in [7, 11) is 1.84. The molecule has 0 aliphatic rings. The molecule has 0 spiro atoms. The Hall–Kier alpha value is -2.63. The lowest BCUT2D eigenvalue weighted by Crippen LogP contribution is -1.92. The van der Waals surface area contributed by atoms with Crippen LogP contribution in [0.2, 0.25) is 0 Å². The van der Waals surface area contributed by atoms with E-state index >= 15 is 0 Å². The minimum Gasteiger partial charge on any atom is -0.367 e. The summed E-state index contributed by atoms with van der Waals surface area (Å²) in [5, 5.41) is 8.25. The Morgan fingerprint density at radius 2 is 2.11 bits per heavy atom. The van der Waals surface area contributed by atoms with Crippen molar-refractivity contribution in [3.63, 3.8) is 0 Å². The molecule has 0 atom stereocenters. The van der Waals surface area contributed by atoms with Crippen molar-refractivity contribution in [2.45, 2.75) is 0 Å². The predicted octanol–water partition coefficient (Wildman–Crippen LogP) is 1.72. The number of hydrogen-bond acceptors (Lipinski definition) is 5. The van der Waals surface area contributed by atoms with Gasteiger partial charge in [0.05, 0.1) is 11.3 Å². The molecule has 2 N–H and O–H groups in total. The van der Waals surface area contributed by atoms with Crippen LogP contribution in [0.3, 0.4) is 0 Å². The molecule has 3 heterocycles. The van der Waals surface area contributed by atoms with Crippen molar-refractivity contribution in [2.24, 2.45) is 7.05 Å². The number of nitrogen functional groups attached to an aromatic ring is 1. The van der Waals surface area contributed by atoms with E-state index in [2.05, 4.69) is 15.2 Å². The summed E-state index contributed by atoms with van der Waals surface area (Å²) in [6, 6.07) is 7.43. The van der Waals surface area contributed by atoms with Crippen LogP contribution < -0.4 is 5.73 Å². The highest BCUT2D eigenvalue weighted by atomic mass is 16.5. The van der Waals surface area contributed by atoms with Crippen molar-refractivity contribution in [3.8, 4) is 22.6 Å². The summed E-state index contributed by atoms with van der Waals surface area (Å²) in [5.74, 6) is 0.245. The largest absolute Gasteiger partial charge is 0.367 e. The first-order valence-electron chi connectivity index (χ1n) is 5.42. The van der Waals surface area contributed by atoms with Crippen molar-refractivity contribution in [3.05, 3.63) is 36.7 Å². The molecule has 3 rings (SSSR count). The third-order valence-electron chi connectivity index (χ3n) is 2.60. The maximum Gasteiger partial charge on any atom is 0.232 e. The molecule has 0 radical (unpaired) electrons. The van der Waals surface area contributed by atoms with Crippen molar-refractivity contribution in [1.29, 1.82) is 0 Å². The third-order valence-corrected chi connectivity index (χ3v) is 2.60. The van der Waals surface area contributed by atoms with E-state index in [0.29, 0.717) is 17.0 Å². The maximum absolute atomic E-state index is 5.81. The lowest BCUT2D eigenvalue weighted by atomic mass is 10.1. The van der Waals surface area contributed by atoms with Gasteiger partial charge in [0.1, 0.15) is 11.4 Å². The zero-order valence-electron chi connectivity index (χ0n) is 9.74. The summed E-state index contributed by atoms with van der Waals surface area (Å²) >= 11 is 0. The van der Waals surface area contributed by atoms with Crippen LogP contribution in [-0.2, 0) is 7.05 Å². The molecule has 0 amide bonds. The molecule has 0 unspecified atom stereocenters. The Kier molecular flexibility index (Phi) is 2.33. The summed E-state index contributed by atoms with van der Waals surface area (Å²) in [6.07, 6.45) is 3.53. The standard InChI is InChI=1S/C12H11N5O/c1-17-7-5-9(15-17)11-10(12(13)18-16-11)8-4-2-3-6-14-8/h2-7H,13H2,1H3. The molecule has 90 valence electrons. The van der Waals surface area contributed by atoms with Gasteiger partial charge in [-0.1, -0.05) is 11.2 Å². The van der Waals surface area contributed by atoms with E-state index in [1.807, 2.05) is 37.5 Å². The van der Waals surface area contributed by atoms with Gasteiger partial charge < -0.3 is 10.3 Å². The van der Waals surface area contributed by atoms with Crippen LogP contribution in [0.4, 0.5) is 5.88 Å². The number of rotatable bonds is 2. The van der Waals surface area contributed by atoms with Crippen LogP contribution in [0.5, 0.6) is 0 Å². The molecule has 0 saturated carbocycles. The van der Waals surface area contributed by atoms with E-state index in [9.17, 15) is 0 Å². The fourth-order valence-electron chi connectivity index (χ4n) is 1.78. The minimum absolute atomic E-state index is 0.245. The van der Waals surface area contributed by atoms with Gasteiger partial charge in [-0.25, -0.2) is 0 Å². The fraction of sp³-hybridized carbons (Fsp3) is 0.0833. The molecule has 6 heteroatoms. The van der Waals surface area contributed by atoms with E-state index in [1.54, 1.807) is 10.9 Å². The normalized spacial score (nSPS) is 10.7. The van der Waals surface area contributed by atoms with Gasteiger partial charge in [-0.15, -0.1) is 0 Å². The number of aromatic nitrogens is 4. The van der Waals surface area contributed by atoms with Gasteiger partial charge in [-0.05, 0) is 18.2 Å². The average Bonchev–Trinajstić information content (AvgIpc) is 2.96. The summed E-state index contributed by atoms with van der Waals surface area (Å²) in [6.45, 7) is 0. The summed E-state index contributed by atoms with van der Waals surface area (Å²) in [4.78, 5) is 4.26. The van der Waals surface area contributed by atoms with Crippen LogP contribution in [-0.4, -0.2) is 19.9 Å². The van der Waals surface area contributed by atoms with Crippen molar-refractivity contribution >= 4 is 5.88 Å². The highest BCUT2D eigenvalue weighted by molar-refractivity contribution is 5.83. The first kappa shape index (κ1) is 10.5. The highest BCUT2D eigenvalue weighted by Gasteiger charge is 2.19. The van der Waals surface area contributed by atoms with Crippen LogP contribution in [0.1, 0.15) is 0 Å². The molecule has 0 aromatic carbocycles. The van der Waals surface area contributed by atoms with Crippen molar-refractivity contribution in [2.75, 3.05) is 5.73 Å². The van der Waals surface area contributed by atoms with Gasteiger partial charge in [0.2, 0.25) is 5.88 Å². The average molecular weight is 241 g/mol. The zero-order valence-corrected chi connectivity index (χ0v) is 9.74. The highest BCUT2D eigenvalue weighted by Crippen LogP contribution is 2.33. The molecule has 3 aromatic heterocycles. The van der Waals surface area contributed by atoms with Crippen LogP contribution in [0, 0.1) is 0 Å². The Morgan fingerprint density at radius 1 is 1.22 bits per heavy atom. The van der Waals surface area contributed by atoms with Crippen LogP contribution in [0.15, 0.2) is 41.2 Å². The number of pyridine rings is 1. The van der Waals surface area contributed by atoms with Gasteiger partial charge in [0.15, 0.2) is 0 Å². The molecule has 3 aromatic rings. The molecular formula is C12H11N5O. The molecule has 0 aliphatic heterocycles. The van der Waals surface area contributed by atoms with E-state index in [-0.39, 0.29) is 5.88 Å². The third kappa shape index (κ3) is 1.64. The zero-order chi connectivity index (χ0) is 12.5. The molecule has 0 aliphatic carbocycles. The number of anilines is 1. The van der Waals surface area contributed by atoms with Gasteiger partial charge in [-0.3, -0.25) is 9.67 Å². The molecule has 0 fully saturated rings. The van der Waals surface area contributed by atoms with Gasteiger partial charge >= 0.3 is 0 Å². The van der Waals surface area contributed by atoms with Crippen LogP contribution >= 0.6 is 0 Å². The smallest absolute Gasteiger partial charge is 0.232 e. The van der Waals surface area contributed by atoms with E-state index in [0.717, 1.165) is 5.69 Å². The second-order valence-electron chi connectivity index (χ2n) is 3.86. The Balaban J connectivity index is 2.18. The molecule has 6 nitrogen and oxygen atoms in total. The maximum atomic E-state index is 5.81. The lowest BCUT2D eigenvalue weighted by molar-refractivity contribution is 0.439. The molecule has 0 bridgehead atoms.